The number of unbranched alkanes of at least 4 members (excludes halogenated alkanes) is 28. The van der Waals surface area contributed by atoms with E-state index in [9.17, 15) is 15.0 Å². The Morgan fingerprint density at radius 3 is 1.24 bits per heavy atom. The second-order valence-corrected chi connectivity index (χ2v) is 15.5. The Bertz CT molecular complexity index is 775. The van der Waals surface area contributed by atoms with Gasteiger partial charge in [-0.25, -0.2) is 0 Å². The lowest BCUT2D eigenvalue weighted by molar-refractivity contribution is -0.123. The molecule has 0 radical (unpaired) electrons. The number of allylic oxidation sites excluding steroid dienone is 6. The van der Waals surface area contributed by atoms with E-state index in [2.05, 4.69) is 55.6 Å². The SMILES string of the molecule is CCCCC/C=C\C/C=C\C/C=C\CCCCCCCCC(=O)NC(CO)C(O)CCCCCCCCCCCCCCCCCCCCCC. The molecule has 0 spiro atoms. The van der Waals surface area contributed by atoms with Crippen LogP contribution in [0.2, 0.25) is 0 Å². The maximum absolute atomic E-state index is 12.4. The molecule has 3 N–H and O–H groups in total. The zero-order chi connectivity index (χ0) is 37.1. The molecule has 4 nitrogen and oxygen atoms in total. The molecule has 0 bridgehead atoms. The van der Waals surface area contributed by atoms with E-state index in [0.717, 1.165) is 51.4 Å². The Labute approximate surface area is 319 Å². The lowest BCUT2D eigenvalue weighted by Gasteiger charge is -2.22. The molecule has 0 aliphatic heterocycles. The van der Waals surface area contributed by atoms with Crippen molar-refractivity contribution in [1.29, 1.82) is 0 Å². The topological polar surface area (TPSA) is 69.6 Å². The molecule has 0 aromatic heterocycles. The van der Waals surface area contributed by atoms with Gasteiger partial charge in [-0.05, 0) is 51.4 Å². The molecule has 0 aromatic carbocycles. The minimum Gasteiger partial charge on any atom is -0.394 e. The summed E-state index contributed by atoms with van der Waals surface area (Å²) in [5.41, 5.74) is 0. The molecule has 4 heteroatoms. The van der Waals surface area contributed by atoms with Gasteiger partial charge in [0.15, 0.2) is 0 Å². The highest BCUT2D eigenvalue weighted by Gasteiger charge is 2.20. The molecule has 0 fully saturated rings. The van der Waals surface area contributed by atoms with Crippen molar-refractivity contribution in [3.63, 3.8) is 0 Å². The van der Waals surface area contributed by atoms with Crippen molar-refractivity contribution < 1.29 is 15.0 Å². The fourth-order valence-corrected chi connectivity index (χ4v) is 6.90. The average molecular weight is 716 g/mol. The van der Waals surface area contributed by atoms with Gasteiger partial charge in [-0.1, -0.05) is 217 Å². The predicted octanol–water partition coefficient (Wildman–Crippen LogP) is 14.2. The highest BCUT2D eigenvalue weighted by Crippen LogP contribution is 2.16. The maximum Gasteiger partial charge on any atom is 0.220 e. The molecule has 0 rings (SSSR count). The molecular formula is C47H89NO3. The highest BCUT2D eigenvalue weighted by atomic mass is 16.3. The lowest BCUT2D eigenvalue weighted by atomic mass is 10.0. The van der Waals surface area contributed by atoms with Gasteiger partial charge in [-0.15, -0.1) is 0 Å². The third-order valence-electron chi connectivity index (χ3n) is 10.4. The lowest BCUT2D eigenvalue weighted by Crippen LogP contribution is -2.45. The van der Waals surface area contributed by atoms with E-state index in [1.54, 1.807) is 0 Å². The van der Waals surface area contributed by atoms with Crippen molar-refractivity contribution >= 4 is 5.91 Å². The Morgan fingerprint density at radius 2 is 0.804 bits per heavy atom. The zero-order valence-electron chi connectivity index (χ0n) is 34.4. The minimum atomic E-state index is -0.665. The number of hydrogen-bond acceptors (Lipinski definition) is 3. The van der Waals surface area contributed by atoms with Crippen LogP contribution in [0.5, 0.6) is 0 Å². The standard InChI is InChI=1S/C47H89NO3/c1-3-5-7-9-11-13-15-17-19-21-23-25-26-28-30-32-34-36-38-40-42-46(50)45(44-49)48-47(51)43-41-39-37-35-33-31-29-27-24-22-20-18-16-14-12-10-8-6-4-2/h12,14,18,20,24,27,45-46,49-50H,3-11,13,15-17,19,21-23,25-26,28-44H2,1-2H3,(H,48,51)/b14-12-,20-18-,27-24-. The number of carbonyl (C=O) groups excluding carboxylic acids is 1. The van der Waals surface area contributed by atoms with Crippen LogP contribution in [-0.4, -0.2) is 34.9 Å². The Balaban J connectivity index is 3.54. The molecule has 51 heavy (non-hydrogen) atoms. The van der Waals surface area contributed by atoms with E-state index in [1.165, 1.54) is 161 Å². The minimum absolute atomic E-state index is 0.0428. The molecule has 300 valence electrons. The van der Waals surface area contributed by atoms with Crippen LogP contribution >= 0.6 is 0 Å². The summed E-state index contributed by atoms with van der Waals surface area (Å²) in [7, 11) is 0. The smallest absolute Gasteiger partial charge is 0.220 e. The van der Waals surface area contributed by atoms with Crippen LogP contribution in [0, 0.1) is 0 Å². The van der Waals surface area contributed by atoms with Gasteiger partial charge < -0.3 is 15.5 Å². The Hall–Kier alpha value is -1.39. The predicted molar refractivity (Wildman–Crippen MR) is 225 cm³/mol. The number of rotatable bonds is 41. The second-order valence-electron chi connectivity index (χ2n) is 15.5. The normalized spacial score (nSPS) is 13.3. The van der Waals surface area contributed by atoms with E-state index >= 15 is 0 Å². The van der Waals surface area contributed by atoms with Gasteiger partial charge in [0, 0.05) is 6.42 Å². The molecule has 0 aliphatic carbocycles. The molecule has 1 amide bonds. The van der Waals surface area contributed by atoms with Crippen molar-refractivity contribution in [2.24, 2.45) is 0 Å². The quantitative estimate of drug-likeness (QED) is 0.0436. The molecule has 0 heterocycles. The van der Waals surface area contributed by atoms with Gasteiger partial charge in [0.1, 0.15) is 0 Å². The monoisotopic (exact) mass is 716 g/mol. The summed E-state index contributed by atoms with van der Waals surface area (Å²) in [6.07, 6.45) is 56.5. The largest absolute Gasteiger partial charge is 0.394 e. The third-order valence-corrected chi connectivity index (χ3v) is 10.4. The van der Waals surface area contributed by atoms with Crippen LogP contribution in [0.4, 0.5) is 0 Å². The van der Waals surface area contributed by atoms with Crippen molar-refractivity contribution in [2.45, 2.75) is 251 Å². The van der Waals surface area contributed by atoms with Crippen molar-refractivity contribution in [1.82, 2.24) is 5.32 Å². The molecular weight excluding hydrogens is 627 g/mol. The fraction of sp³-hybridized carbons (Fsp3) is 0.851. The van der Waals surface area contributed by atoms with E-state index < -0.39 is 12.1 Å². The van der Waals surface area contributed by atoms with Crippen LogP contribution in [-0.2, 0) is 4.79 Å². The van der Waals surface area contributed by atoms with E-state index in [-0.39, 0.29) is 12.5 Å². The van der Waals surface area contributed by atoms with Gasteiger partial charge in [-0.2, -0.15) is 0 Å². The van der Waals surface area contributed by atoms with E-state index in [4.69, 9.17) is 0 Å². The van der Waals surface area contributed by atoms with Crippen LogP contribution in [0.15, 0.2) is 36.5 Å². The summed E-state index contributed by atoms with van der Waals surface area (Å²) in [5.74, 6) is -0.0428. The number of aliphatic hydroxyl groups is 2. The summed E-state index contributed by atoms with van der Waals surface area (Å²) in [6, 6.07) is -0.543. The Kier molecular flexibility index (Phi) is 41.8. The molecule has 0 saturated heterocycles. The average Bonchev–Trinajstić information content (AvgIpc) is 3.13. The molecule has 2 unspecified atom stereocenters. The summed E-state index contributed by atoms with van der Waals surface area (Å²) in [4.78, 5) is 12.4. The van der Waals surface area contributed by atoms with Crippen LogP contribution in [0.25, 0.3) is 0 Å². The first kappa shape index (κ1) is 49.6. The first-order valence-electron chi connectivity index (χ1n) is 22.7. The molecule has 0 aromatic rings. The first-order valence-corrected chi connectivity index (χ1v) is 22.7. The first-order chi connectivity index (χ1) is 25.2. The van der Waals surface area contributed by atoms with Crippen molar-refractivity contribution in [3.05, 3.63) is 36.5 Å². The summed E-state index contributed by atoms with van der Waals surface area (Å²) < 4.78 is 0. The van der Waals surface area contributed by atoms with Crippen molar-refractivity contribution in [2.75, 3.05) is 6.61 Å². The highest BCUT2D eigenvalue weighted by molar-refractivity contribution is 5.76. The number of carbonyl (C=O) groups is 1. The van der Waals surface area contributed by atoms with Crippen LogP contribution in [0.3, 0.4) is 0 Å². The van der Waals surface area contributed by atoms with Gasteiger partial charge >= 0.3 is 0 Å². The summed E-state index contributed by atoms with van der Waals surface area (Å²) in [6.45, 7) is 4.34. The van der Waals surface area contributed by atoms with Gasteiger partial charge in [-0.3, -0.25) is 4.79 Å². The second kappa shape index (κ2) is 43.0. The van der Waals surface area contributed by atoms with Gasteiger partial charge in [0.2, 0.25) is 5.91 Å². The van der Waals surface area contributed by atoms with Gasteiger partial charge in [0.25, 0.3) is 0 Å². The maximum atomic E-state index is 12.4. The van der Waals surface area contributed by atoms with E-state index in [1.807, 2.05) is 0 Å². The third kappa shape index (κ3) is 39.6. The zero-order valence-corrected chi connectivity index (χ0v) is 34.4. The molecule has 0 saturated carbocycles. The Morgan fingerprint density at radius 1 is 0.471 bits per heavy atom. The molecule has 0 aliphatic rings. The number of aliphatic hydroxyl groups excluding tert-OH is 2. The number of hydrogen-bond donors (Lipinski definition) is 3. The number of nitrogens with one attached hydrogen (secondary N) is 1. The van der Waals surface area contributed by atoms with E-state index in [0.29, 0.717) is 12.8 Å². The molecule has 2 atom stereocenters. The van der Waals surface area contributed by atoms with Crippen molar-refractivity contribution in [3.8, 4) is 0 Å². The van der Waals surface area contributed by atoms with Gasteiger partial charge in [0.05, 0.1) is 18.8 Å². The van der Waals surface area contributed by atoms with Crippen LogP contribution < -0.4 is 5.32 Å². The summed E-state index contributed by atoms with van der Waals surface area (Å²) >= 11 is 0. The number of amides is 1. The fourth-order valence-electron chi connectivity index (χ4n) is 6.90. The van der Waals surface area contributed by atoms with Crippen LogP contribution in [0.1, 0.15) is 239 Å². The summed E-state index contributed by atoms with van der Waals surface area (Å²) in [5, 5.41) is 23.2.